The van der Waals surface area contributed by atoms with Crippen molar-refractivity contribution in [3.8, 4) is 17.1 Å². The van der Waals surface area contributed by atoms with E-state index >= 15 is 0 Å². The molecule has 3 aliphatic carbocycles. The molecule has 5 N–H and O–H groups in total. The minimum absolute atomic E-state index is 0.0799. The Morgan fingerprint density at radius 3 is 2.38 bits per heavy atom. The first-order valence-corrected chi connectivity index (χ1v) is 14.0. The van der Waals surface area contributed by atoms with Crippen LogP contribution in [0.1, 0.15) is 55.8 Å². The Bertz CT molecular complexity index is 1540. The number of nitrogens with two attached hydrogens (primary N) is 1. The molecule has 2 aromatic rings. The summed E-state index contributed by atoms with van der Waals surface area (Å²) < 4.78 is 6.08. The normalized spacial score (nSPS) is 32.6. The number of hydrogen-bond donors (Lipinski definition) is 4. The number of likely N-dealkylation sites (N-methyl/N-ethyl adjacent to an activating group) is 1. The van der Waals surface area contributed by atoms with Crippen LogP contribution in [0.4, 0.5) is 0 Å². The molecule has 6 atom stereocenters. The summed E-state index contributed by atoms with van der Waals surface area (Å²) in [6.45, 7) is 7.71. The van der Waals surface area contributed by atoms with Gasteiger partial charge in [-0.25, -0.2) is 0 Å². The van der Waals surface area contributed by atoms with Gasteiger partial charge in [0.25, 0.3) is 0 Å². The Labute approximate surface area is 243 Å². The number of hydrogen-bond acceptors (Lipinski definition) is 10. The number of aromatic hydroxyl groups is 1. The topological polar surface area (TPSA) is 180 Å². The minimum Gasteiger partial charge on any atom is -0.507 e. The van der Waals surface area contributed by atoms with Crippen molar-refractivity contribution in [3.63, 3.8) is 0 Å². The number of Topliss-reactive ketones (excluding diaryl/α,β-unsaturated/α-hetero) is 4. The Morgan fingerprint density at radius 1 is 1.12 bits per heavy atom. The van der Waals surface area contributed by atoms with Crippen LogP contribution in [0.3, 0.4) is 0 Å². The second-order valence-electron chi connectivity index (χ2n) is 13.1. The molecule has 2 unspecified atom stereocenters. The number of amides is 1. The number of carbonyl (C=O) groups is 5. The third kappa shape index (κ3) is 3.94. The lowest BCUT2D eigenvalue weighted by Gasteiger charge is -2.61. The standard InChI is InChI=1S/C31H37N3O8/c1-14(2)33-12-15-7-10-19(42-15)16-8-9-18(35)20-17(16)11-29(3)13-30(4)25(34(5)6)24(37)21(28(32)40)26(38)31(30,41)27(39)22(29)23(20)36/h7-10,14,21-22,25,33,35,41H,11-13H2,1-6H3,(H2,32,40)/t21?,22?,25-,29+,30+,31-/m1/s1. The van der Waals surface area contributed by atoms with Crippen molar-refractivity contribution >= 4 is 29.0 Å². The van der Waals surface area contributed by atoms with Crippen molar-refractivity contribution in [2.45, 2.75) is 64.8 Å². The maximum absolute atomic E-state index is 14.3. The quantitative estimate of drug-likeness (QED) is 0.365. The molecule has 0 saturated heterocycles. The van der Waals surface area contributed by atoms with Crippen LogP contribution in [0.15, 0.2) is 28.7 Å². The lowest BCUT2D eigenvalue weighted by molar-refractivity contribution is -0.203. The number of ketones is 4. The molecule has 1 amide bonds. The number of furan rings is 1. The van der Waals surface area contributed by atoms with Crippen LogP contribution in [0.5, 0.6) is 5.75 Å². The number of nitrogens with zero attached hydrogens (tertiary/aromatic N) is 1. The van der Waals surface area contributed by atoms with Gasteiger partial charge in [0.15, 0.2) is 34.7 Å². The van der Waals surface area contributed by atoms with Gasteiger partial charge in [-0.05, 0) is 62.2 Å². The van der Waals surface area contributed by atoms with Gasteiger partial charge in [-0.1, -0.05) is 27.7 Å². The highest BCUT2D eigenvalue weighted by atomic mass is 16.3. The van der Waals surface area contributed by atoms with Gasteiger partial charge in [0.2, 0.25) is 5.91 Å². The van der Waals surface area contributed by atoms with Crippen LogP contribution in [0.25, 0.3) is 11.3 Å². The van der Waals surface area contributed by atoms with Crippen LogP contribution in [-0.4, -0.2) is 75.9 Å². The highest BCUT2D eigenvalue weighted by Gasteiger charge is 2.76. The molecular weight excluding hydrogens is 542 g/mol. The highest BCUT2D eigenvalue weighted by molar-refractivity contribution is 6.33. The van der Waals surface area contributed by atoms with Gasteiger partial charge in [-0.3, -0.25) is 28.9 Å². The summed E-state index contributed by atoms with van der Waals surface area (Å²) in [5.41, 5.74) is 0.705. The Hall–Kier alpha value is -3.67. The molecule has 3 aliphatic rings. The van der Waals surface area contributed by atoms with Crippen molar-refractivity contribution in [2.75, 3.05) is 14.1 Å². The van der Waals surface area contributed by atoms with Crippen LogP contribution in [-0.2, 0) is 32.1 Å². The SMILES string of the molecule is CC(C)NCc1ccc(-c2ccc(O)c3c2C[C@@]2(C)C[C@@]4(C)[C@H](N(C)C)C(=O)C(C(N)=O)C(=O)[C@@]4(O)C(=O)C2C3=O)o1. The number of nitrogens with one attached hydrogen (secondary N) is 1. The van der Waals surface area contributed by atoms with Crippen LogP contribution in [0.2, 0.25) is 0 Å². The fourth-order valence-corrected chi connectivity index (χ4v) is 7.87. The maximum atomic E-state index is 14.3. The maximum Gasteiger partial charge on any atom is 0.235 e. The fraction of sp³-hybridized carbons (Fsp3) is 0.516. The van der Waals surface area contributed by atoms with Gasteiger partial charge >= 0.3 is 0 Å². The van der Waals surface area contributed by atoms with E-state index in [1.54, 1.807) is 33.2 Å². The first-order chi connectivity index (χ1) is 19.5. The molecule has 2 saturated carbocycles. The first kappa shape index (κ1) is 29.8. The lowest BCUT2D eigenvalue weighted by atomic mass is 9.42. The monoisotopic (exact) mass is 579 g/mol. The molecule has 11 heteroatoms. The summed E-state index contributed by atoms with van der Waals surface area (Å²) in [4.78, 5) is 69.4. The summed E-state index contributed by atoms with van der Waals surface area (Å²) in [7, 11) is 3.11. The lowest BCUT2D eigenvalue weighted by Crippen LogP contribution is -2.79. The van der Waals surface area contributed by atoms with Crippen LogP contribution in [0, 0.1) is 22.7 Å². The number of phenols is 1. The van der Waals surface area contributed by atoms with Gasteiger partial charge in [0.05, 0.1) is 24.1 Å². The predicted octanol–water partition coefficient (Wildman–Crippen LogP) is 1.41. The third-order valence-corrected chi connectivity index (χ3v) is 9.48. The molecule has 1 heterocycles. The van der Waals surface area contributed by atoms with E-state index in [4.69, 9.17) is 10.2 Å². The molecule has 11 nitrogen and oxygen atoms in total. The highest BCUT2D eigenvalue weighted by Crippen LogP contribution is 2.62. The average molecular weight is 580 g/mol. The van der Waals surface area contributed by atoms with Crippen LogP contribution < -0.4 is 11.1 Å². The summed E-state index contributed by atoms with van der Waals surface area (Å²) in [5, 5.41) is 26.2. The van der Waals surface area contributed by atoms with Gasteiger partial charge in [0.1, 0.15) is 17.3 Å². The van der Waals surface area contributed by atoms with E-state index in [0.717, 1.165) is 0 Å². The molecule has 2 fully saturated rings. The zero-order valence-corrected chi connectivity index (χ0v) is 24.6. The average Bonchev–Trinajstić information content (AvgIpc) is 3.33. The van der Waals surface area contributed by atoms with Crippen molar-refractivity contribution < 1.29 is 38.6 Å². The van der Waals surface area contributed by atoms with Gasteiger partial charge < -0.3 is 25.7 Å². The van der Waals surface area contributed by atoms with E-state index in [1.807, 2.05) is 19.9 Å². The second-order valence-corrected chi connectivity index (χ2v) is 13.1. The second kappa shape index (κ2) is 9.68. The first-order valence-electron chi connectivity index (χ1n) is 14.0. The minimum atomic E-state index is -2.83. The molecule has 0 aliphatic heterocycles. The van der Waals surface area contributed by atoms with Gasteiger partial charge in [0, 0.05) is 17.0 Å². The molecule has 5 rings (SSSR count). The van der Waals surface area contributed by atoms with Crippen molar-refractivity contribution in [3.05, 3.63) is 41.2 Å². The summed E-state index contributed by atoms with van der Waals surface area (Å²) in [6.07, 6.45) is 0.0304. The molecule has 224 valence electrons. The molecule has 1 aromatic carbocycles. The van der Waals surface area contributed by atoms with Crippen molar-refractivity contribution in [2.24, 2.45) is 28.4 Å². The van der Waals surface area contributed by atoms with Gasteiger partial charge in [-0.15, -0.1) is 0 Å². The van der Waals surface area contributed by atoms with E-state index in [9.17, 15) is 34.2 Å². The smallest absolute Gasteiger partial charge is 0.235 e. The van der Waals surface area contributed by atoms with Gasteiger partial charge in [-0.2, -0.15) is 0 Å². The number of aliphatic hydroxyl groups is 1. The summed E-state index contributed by atoms with van der Waals surface area (Å²) in [6, 6.07) is 5.62. The number of benzene rings is 1. The van der Waals surface area contributed by atoms with Crippen LogP contribution >= 0.6 is 0 Å². The zero-order chi connectivity index (χ0) is 31.1. The number of carbonyl (C=O) groups excluding carboxylic acids is 5. The number of rotatable bonds is 6. The third-order valence-electron chi connectivity index (χ3n) is 9.48. The molecule has 1 aromatic heterocycles. The van der Waals surface area contributed by atoms with Crippen molar-refractivity contribution in [1.82, 2.24) is 10.2 Å². The Morgan fingerprint density at radius 2 is 1.79 bits per heavy atom. The van der Waals surface area contributed by atoms with E-state index in [2.05, 4.69) is 5.32 Å². The predicted molar refractivity (Wildman–Crippen MR) is 150 cm³/mol. The van der Waals surface area contributed by atoms with E-state index in [1.165, 1.54) is 17.9 Å². The molecule has 0 radical (unpaired) electrons. The molecule has 0 bridgehead atoms. The fourth-order valence-electron chi connectivity index (χ4n) is 7.87. The van der Waals surface area contributed by atoms with E-state index in [-0.39, 0.29) is 30.2 Å². The van der Waals surface area contributed by atoms with E-state index in [0.29, 0.717) is 29.2 Å². The Kier molecular flexibility index (Phi) is 6.87. The number of fused-ring (bicyclic) bond motifs is 3. The number of phenolic OH excluding ortho intramolecular Hbond substituents is 1. The molecular formula is C31H37N3O8. The Balaban J connectivity index is 1.67. The largest absolute Gasteiger partial charge is 0.507 e. The summed E-state index contributed by atoms with van der Waals surface area (Å²) in [5.74, 6) is -7.93. The van der Waals surface area contributed by atoms with E-state index < -0.39 is 63.3 Å². The number of primary amides is 1. The van der Waals surface area contributed by atoms with Crippen molar-refractivity contribution in [1.29, 1.82) is 0 Å². The molecule has 42 heavy (non-hydrogen) atoms. The molecule has 0 spiro atoms. The zero-order valence-electron chi connectivity index (χ0n) is 24.6. The summed E-state index contributed by atoms with van der Waals surface area (Å²) >= 11 is 0.